The molecule has 0 unspecified atom stereocenters. The van der Waals surface area contributed by atoms with Crippen molar-refractivity contribution in [3.63, 3.8) is 0 Å². The van der Waals surface area contributed by atoms with E-state index in [9.17, 15) is 19.3 Å². The fourth-order valence-electron chi connectivity index (χ4n) is 2.26. The molecule has 7 heteroatoms. The third-order valence-corrected chi connectivity index (χ3v) is 3.56. The van der Waals surface area contributed by atoms with Crippen LogP contribution in [0.3, 0.4) is 0 Å². The lowest BCUT2D eigenvalue weighted by molar-refractivity contribution is -0.387. The van der Waals surface area contributed by atoms with Crippen LogP contribution in [-0.2, 0) is 4.79 Å². The normalized spacial score (nSPS) is 11.7. The molecule has 6 nitrogen and oxygen atoms in total. The predicted molar refractivity (Wildman–Crippen MR) is 90.7 cm³/mol. The summed E-state index contributed by atoms with van der Waals surface area (Å²) in [7, 11) is 0. The van der Waals surface area contributed by atoms with Crippen molar-refractivity contribution in [2.75, 3.05) is 10.6 Å². The third-order valence-electron chi connectivity index (χ3n) is 3.56. The average molecular weight is 331 g/mol. The zero-order valence-electron chi connectivity index (χ0n) is 13.6. The van der Waals surface area contributed by atoms with Crippen molar-refractivity contribution >= 4 is 23.0 Å². The first-order chi connectivity index (χ1) is 11.3. The molecule has 0 fully saturated rings. The standard InChI is InChI=1S/C17H18FN3O3/c1-10-4-7-15(11(2)8-10)19-12(3)17(22)20-13-5-6-14(18)16(9-13)21(23)24/h4-9,12,19H,1-3H3,(H,20,22)/t12-/m0/s1. The summed E-state index contributed by atoms with van der Waals surface area (Å²) in [5, 5.41) is 16.4. The summed E-state index contributed by atoms with van der Waals surface area (Å²) in [6.07, 6.45) is 0. The summed E-state index contributed by atoms with van der Waals surface area (Å²) >= 11 is 0. The van der Waals surface area contributed by atoms with Crippen molar-refractivity contribution < 1.29 is 14.1 Å². The van der Waals surface area contributed by atoms with E-state index < -0.39 is 22.5 Å². The summed E-state index contributed by atoms with van der Waals surface area (Å²) in [6, 6.07) is 8.48. The van der Waals surface area contributed by atoms with Gasteiger partial charge in [0.15, 0.2) is 0 Å². The number of nitro groups is 1. The molecule has 2 rings (SSSR count). The number of aryl methyl sites for hydroxylation is 2. The molecule has 2 N–H and O–H groups in total. The molecular formula is C17H18FN3O3. The molecule has 0 saturated carbocycles. The second-order valence-electron chi connectivity index (χ2n) is 5.60. The Bertz CT molecular complexity index is 793. The number of amides is 1. The van der Waals surface area contributed by atoms with Crippen molar-refractivity contribution in [2.24, 2.45) is 0 Å². The maximum absolute atomic E-state index is 13.3. The minimum Gasteiger partial charge on any atom is -0.374 e. The van der Waals surface area contributed by atoms with Crippen LogP contribution in [0.15, 0.2) is 36.4 Å². The van der Waals surface area contributed by atoms with Gasteiger partial charge in [-0.3, -0.25) is 14.9 Å². The van der Waals surface area contributed by atoms with Crippen LogP contribution in [0, 0.1) is 29.8 Å². The molecular weight excluding hydrogens is 313 g/mol. The second-order valence-corrected chi connectivity index (χ2v) is 5.60. The SMILES string of the molecule is Cc1ccc(N[C@@H](C)C(=O)Nc2ccc(F)c([N+](=O)[O-])c2)c(C)c1. The smallest absolute Gasteiger partial charge is 0.306 e. The Kier molecular flexibility index (Phi) is 5.13. The van der Waals surface area contributed by atoms with Crippen LogP contribution in [0.1, 0.15) is 18.1 Å². The van der Waals surface area contributed by atoms with Crippen LogP contribution < -0.4 is 10.6 Å². The maximum Gasteiger partial charge on any atom is 0.306 e. The minimum atomic E-state index is -0.945. The van der Waals surface area contributed by atoms with Gasteiger partial charge in [0.1, 0.15) is 6.04 Å². The van der Waals surface area contributed by atoms with E-state index >= 15 is 0 Å². The average Bonchev–Trinajstić information content (AvgIpc) is 2.51. The molecule has 126 valence electrons. The van der Waals surface area contributed by atoms with E-state index in [1.165, 1.54) is 6.07 Å². The number of benzene rings is 2. The van der Waals surface area contributed by atoms with E-state index in [0.29, 0.717) is 0 Å². The largest absolute Gasteiger partial charge is 0.374 e. The van der Waals surface area contributed by atoms with Crippen molar-refractivity contribution in [3.05, 3.63) is 63.5 Å². The molecule has 0 bridgehead atoms. The lowest BCUT2D eigenvalue weighted by atomic mass is 10.1. The molecule has 0 aliphatic rings. The van der Waals surface area contributed by atoms with Crippen LogP contribution in [0.25, 0.3) is 0 Å². The van der Waals surface area contributed by atoms with Gasteiger partial charge in [-0.05, 0) is 44.5 Å². The van der Waals surface area contributed by atoms with E-state index in [2.05, 4.69) is 10.6 Å². The fraction of sp³-hybridized carbons (Fsp3) is 0.235. The Morgan fingerprint density at radius 2 is 1.92 bits per heavy atom. The van der Waals surface area contributed by atoms with Crippen LogP contribution >= 0.6 is 0 Å². The highest BCUT2D eigenvalue weighted by Gasteiger charge is 2.18. The van der Waals surface area contributed by atoms with Gasteiger partial charge in [-0.1, -0.05) is 17.7 Å². The van der Waals surface area contributed by atoms with E-state index in [4.69, 9.17) is 0 Å². The molecule has 24 heavy (non-hydrogen) atoms. The van der Waals surface area contributed by atoms with E-state index in [1.54, 1.807) is 6.92 Å². The van der Waals surface area contributed by atoms with Gasteiger partial charge in [-0.25, -0.2) is 0 Å². The summed E-state index contributed by atoms with van der Waals surface area (Å²) < 4.78 is 13.3. The first kappa shape index (κ1) is 17.4. The van der Waals surface area contributed by atoms with Gasteiger partial charge in [0.25, 0.3) is 0 Å². The lowest BCUT2D eigenvalue weighted by Gasteiger charge is -2.17. The Labute approximate surface area is 138 Å². The molecule has 0 aliphatic heterocycles. The number of rotatable bonds is 5. The number of nitro benzene ring substituents is 1. The number of nitrogens with zero attached hydrogens (tertiary/aromatic N) is 1. The Morgan fingerprint density at radius 1 is 1.21 bits per heavy atom. The van der Waals surface area contributed by atoms with Crippen LogP contribution in [0.4, 0.5) is 21.5 Å². The maximum atomic E-state index is 13.3. The van der Waals surface area contributed by atoms with E-state index in [1.807, 2.05) is 32.0 Å². The van der Waals surface area contributed by atoms with Crippen LogP contribution in [0.2, 0.25) is 0 Å². The Morgan fingerprint density at radius 3 is 2.54 bits per heavy atom. The second kappa shape index (κ2) is 7.08. The van der Waals surface area contributed by atoms with Crippen molar-refractivity contribution in [2.45, 2.75) is 26.8 Å². The monoisotopic (exact) mass is 331 g/mol. The van der Waals surface area contributed by atoms with Crippen LogP contribution in [0.5, 0.6) is 0 Å². The molecule has 0 heterocycles. The third kappa shape index (κ3) is 4.07. The van der Waals surface area contributed by atoms with Gasteiger partial charge in [0.2, 0.25) is 11.7 Å². The number of carbonyl (C=O) groups excluding carboxylic acids is 1. The topological polar surface area (TPSA) is 84.3 Å². The van der Waals surface area contributed by atoms with E-state index in [0.717, 1.165) is 28.9 Å². The molecule has 0 radical (unpaired) electrons. The molecule has 2 aromatic rings. The molecule has 0 spiro atoms. The minimum absolute atomic E-state index is 0.169. The van der Waals surface area contributed by atoms with Gasteiger partial charge in [-0.2, -0.15) is 4.39 Å². The van der Waals surface area contributed by atoms with Crippen LogP contribution in [-0.4, -0.2) is 16.9 Å². The summed E-state index contributed by atoms with van der Waals surface area (Å²) in [5.41, 5.74) is 2.44. The Hall–Kier alpha value is -2.96. The number of halogens is 1. The lowest BCUT2D eigenvalue weighted by Crippen LogP contribution is -2.32. The van der Waals surface area contributed by atoms with Gasteiger partial charge in [-0.15, -0.1) is 0 Å². The zero-order valence-corrected chi connectivity index (χ0v) is 13.6. The van der Waals surface area contributed by atoms with Gasteiger partial charge < -0.3 is 10.6 Å². The van der Waals surface area contributed by atoms with Gasteiger partial charge in [0.05, 0.1) is 4.92 Å². The molecule has 0 aliphatic carbocycles. The zero-order chi connectivity index (χ0) is 17.9. The molecule has 0 saturated heterocycles. The van der Waals surface area contributed by atoms with E-state index in [-0.39, 0.29) is 11.6 Å². The highest BCUT2D eigenvalue weighted by molar-refractivity contribution is 5.96. The summed E-state index contributed by atoms with van der Waals surface area (Å²) in [4.78, 5) is 22.1. The quantitative estimate of drug-likeness (QED) is 0.645. The highest BCUT2D eigenvalue weighted by atomic mass is 19.1. The molecule has 0 aromatic heterocycles. The number of nitrogens with one attached hydrogen (secondary N) is 2. The fourth-order valence-corrected chi connectivity index (χ4v) is 2.26. The number of hydrogen-bond donors (Lipinski definition) is 2. The predicted octanol–water partition coefficient (Wildman–Crippen LogP) is 3.79. The number of hydrogen-bond acceptors (Lipinski definition) is 4. The van der Waals surface area contributed by atoms with Crippen molar-refractivity contribution in [3.8, 4) is 0 Å². The Balaban J connectivity index is 2.09. The molecule has 2 aromatic carbocycles. The van der Waals surface area contributed by atoms with Gasteiger partial charge >= 0.3 is 5.69 Å². The first-order valence-electron chi connectivity index (χ1n) is 7.36. The summed E-state index contributed by atoms with van der Waals surface area (Å²) in [6.45, 7) is 5.59. The highest BCUT2D eigenvalue weighted by Crippen LogP contribution is 2.22. The summed E-state index contributed by atoms with van der Waals surface area (Å²) in [5.74, 6) is -1.32. The van der Waals surface area contributed by atoms with Gasteiger partial charge in [0, 0.05) is 17.4 Å². The molecule has 1 amide bonds. The first-order valence-corrected chi connectivity index (χ1v) is 7.36. The number of carbonyl (C=O) groups is 1. The molecule has 1 atom stereocenters. The van der Waals surface area contributed by atoms with Crippen molar-refractivity contribution in [1.29, 1.82) is 0 Å². The number of anilines is 2. The van der Waals surface area contributed by atoms with Crippen molar-refractivity contribution in [1.82, 2.24) is 0 Å².